The average Bonchev–Trinajstić information content (AvgIpc) is 2.92. The SMILES string of the molecule is Cn1ccc(C=Nc2ccc(-c3ccccc3)cc2)c1. The van der Waals surface area contributed by atoms with E-state index in [1.54, 1.807) is 0 Å². The third-order valence-corrected chi connectivity index (χ3v) is 3.19. The average molecular weight is 260 g/mol. The molecule has 0 aliphatic rings. The van der Waals surface area contributed by atoms with Gasteiger partial charge in [0.1, 0.15) is 0 Å². The zero-order valence-electron chi connectivity index (χ0n) is 11.4. The fourth-order valence-electron chi connectivity index (χ4n) is 2.12. The molecule has 0 aliphatic heterocycles. The van der Waals surface area contributed by atoms with Gasteiger partial charge in [0.15, 0.2) is 0 Å². The summed E-state index contributed by atoms with van der Waals surface area (Å²) in [7, 11) is 2.01. The maximum atomic E-state index is 4.49. The molecule has 2 aromatic carbocycles. The van der Waals surface area contributed by atoms with E-state index in [-0.39, 0.29) is 0 Å². The Bertz CT molecular complexity index is 707. The number of hydrogen-bond acceptors (Lipinski definition) is 1. The van der Waals surface area contributed by atoms with Crippen molar-refractivity contribution in [3.8, 4) is 11.1 Å². The van der Waals surface area contributed by atoms with E-state index in [9.17, 15) is 0 Å². The third kappa shape index (κ3) is 2.86. The van der Waals surface area contributed by atoms with Crippen molar-refractivity contribution in [1.82, 2.24) is 4.57 Å². The molecule has 2 nitrogen and oxygen atoms in total. The zero-order chi connectivity index (χ0) is 13.8. The predicted molar refractivity (Wildman–Crippen MR) is 84.5 cm³/mol. The van der Waals surface area contributed by atoms with Crippen LogP contribution in [0.2, 0.25) is 0 Å². The van der Waals surface area contributed by atoms with Gasteiger partial charge in [0.2, 0.25) is 0 Å². The first kappa shape index (κ1) is 12.4. The largest absolute Gasteiger partial charge is 0.357 e. The molecule has 2 heteroatoms. The van der Waals surface area contributed by atoms with Crippen LogP contribution in [0, 0.1) is 0 Å². The number of aliphatic imine (C=N–C) groups is 1. The van der Waals surface area contributed by atoms with Crippen LogP contribution in [-0.2, 0) is 7.05 Å². The van der Waals surface area contributed by atoms with Gasteiger partial charge in [-0.1, -0.05) is 42.5 Å². The third-order valence-electron chi connectivity index (χ3n) is 3.19. The van der Waals surface area contributed by atoms with Gasteiger partial charge in [-0.3, -0.25) is 4.99 Å². The molecule has 1 aromatic heterocycles. The molecule has 0 amide bonds. The second-order valence-corrected chi connectivity index (χ2v) is 4.78. The molecule has 0 spiro atoms. The molecule has 20 heavy (non-hydrogen) atoms. The zero-order valence-corrected chi connectivity index (χ0v) is 11.4. The van der Waals surface area contributed by atoms with Crippen molar-refractivity contribution in [3.63, 3.8) is 0 Å². The quantitative estimate of drug-likeness (QED) is 0.619. The van der Waals surface area contributed by atoms with Crippen molar-refractivity contribution in [2.45, 2.75) is 0 Å². The number of hydrogen-bond donors (Lipinski definition) is 0. The molecular formula is C18H16N2. The molecule has 1 heterocycles. The minimum atomic E-state index is 0.966. The molecule has 0 aliphatic carbocycles. The van der Waals surface area contributed by atoms with Gasteiger partial charge in [0, 0.05) is 31.2 Å². The monoisotopic (exact) mass is 260 g/mol. The summed E-state index contributed by atoms with van der Waals surface area (Å²) in [6.07, 6.45) is 5.94. The summed E-state index contributed by atoms with van der Waals surface area (Å²) < 4.78 is 2.01. The van der Waals surface area contributed by atoms with Crippen LogP contribution in [0.4, 0.5) is 5.69 Å². The second kappa shape index (κ2) is 5.57. The van der Waals surface area contributed by atoms with E-state index in [0.29, 0.717) is 0 Å². The van der Waals surface area contributed by atoms with E-state index in [1.807, 2.05) is 54.5 Å². The lowest BCUT2D eigenvalue weighted by atomic mass is 10.1. The summed E-state index contributed by atoms with van der Waals surface area (Å²) in [5, 5.41) is 0. The summed E-state index contributed by atoms with van der Waals surface area (Å²) in [5.41, 5.74) is 4.52. The molecule has 0 atom stereocenters. The highest BCUT2D eigenvalue weighted by atomic mass is 14.9. The highest BCUT2D eigenvalue weighted by molar-refractivity contribution is 5.81. The van der Waals surface area contributed by atoms with Gasteiger partial charge in [0.05, 0.1) is 5.69 Å². The minimum Gasteiger partial charge on any atom is -0.357 e. The second-order valence-electron chi connectivity index (χ2n) is 4.78. The normalized spacial score (nSPS) is 11.1. The molecule has 3 aromatic rings. The van der Waals surface area contributed by atoms with Crippen LogP contribution in [0.15, 0.2) is 78.0 Å². The topological polar surface area (TPSA) is 17.3 Å². The highest BCUT2D eigenvalue weighted by Gasteiger charge is 1.96. The first-order valence-corrected chi connectivity index (χ1v) is 6.63. The van der Waals surface area contributed by atoms with Gasteiger partial charge in [-0.05, 0) is 29.3 Å². The van der Waals surface area contributed by atoms with E-state index in [2.05, 4.69) is 41.4 Å². The molecule has 0 radical (unpaired) electrons. The van der Waals surface area contributed by atoms with Gasteiger partial charge in [-0.15, -0.1) is 0 Å². The molecule has 0 saturated heterocycles. The maximum absolute atomic E-state index is 4.49. The van der Waals surface area contributed by atoms with E-state index in [1.165, 1.54) is 11.1 Å². The van der Waals surface area contributed by atoms with Crippen molar-refractivity contribution in [3.05, 3.63) is 78.6 Å². The first-order chi connectivity index (χ1) is 9.81. The van der Waals surface area contributed by atoms with Crippen molar-refractivity contribution in [2.75, 3.05) is 0 Å². The molecule has 98 valence electrons. The van der Waals surface area contributed by atoms with Gasteiger partial charge in [-0.2, -0.15) is 0 Å². The predicted octanol–water partition coefficient (Wildman–Crippen LogP) is 4.44. The Morgan fingerprint density at radius 2 is 1.55 bits per heavy atom. The van der Waals surface area contributed by atoms with Crippen molar-refractivity contribution in [2.24, 2.45) is 12.0 Å². The smallest absolute Gasteiger partial charge is 0.0630 e. The summed E-state index contributed by atoms with van der Waals surface area (Å²) in [6, 6.07) is 20.7. The Morgan fingerprint density at radius 1 is 0.850 bits per heavy atom. The van der Waals surface area contributed by atoms with Crippen molar-refractivity contribution >= 4 is 11.9 Å². The van der Waals surface area contributed by atoms with Gasteiger partial charge < -0.3 is 4.57 Å². The Balaban J connectivity index is 1.78. The lowest BCUT2D eigenvalue weighted by Gasteiger charge is -2.01. The molecule has 0 bridgehead atoms. The Hall–Kier alpha value is -2.61. The van der Waals surface area contributed by atoms with Gasteiger partial charge in [-0.25, -0.2) is 0 Å². The fourth-order valence-corrected chi connectivity index (χ4v) is 2.12. The van der Waals surface area contributed by atoms with Crippen LogP contribution >= 0.6 is 0 Å². The molecular weight excluding hydrogens is 244 g/mol. The Kier molecular flexibility index (Phi) is 3.46. The van der Waals surface area contributed by atoms with Crippen LogP contribution in [0.3, 0.4) is 0 Å². The van der Waals surface area contributed by atoms with Crippen LogP contribution < -0.4 is 0 Å². The maximum Gasteiger partial charge on any atom is 0.0630 e. The Morgan fingerprint density at radius 3 is 2.20 bits per heavy atom. The molecule has 0 N–H and O–H groups in total. The molecule has 3 rings (SSSR count). The molecule has 0 unspecified atom stereocenters. The number of rotatable bonds is 3. The van der Waals surface area contributed by atoms with E-state index < -0.39 is 0 Å². The molecule has 0 fully saturated rings. The van der Waals surface area contributed by atoms with Crippen molar-refractivity contribution < 1.29 is 0 Å². The summed E-state index contributed by atoms with van der Waals surface area (Å²) in [6.45, 7) is 0. The standard InChI is InChI=1S/C18H16N2/c1-20-12-11-15(14-20)13-19-18-9-7-17(8-10-18)16-5-3-2-4-6-16/h2-14H,1H3. The summed E-state index contributed by atoms with van der Waals surface area (Å²) >= 11 is 0. The van der Waals surface area contributed by atoms with E-state index >= 15 is 0 Å². The fraction of sp³-hybridized carbons (Fsp3) is 0.0556. The van der Waals surface area contributed by atoms with Crippen LogP contribution in [0.25, 0.3) is 11.1 Å². The van der Waals surface area contributed by atoms with Crippen molar-refractivity contribution in [1.29, 1.82) is 0 Å². The van der Waals surface area contributed by atoms with E-state index in [0.717, 1.165) is 11.3 Å². The van der Waals surface area contributed by atoms with Crippen LogP contribution in [0.5, 0.6) is 0 Å². The van der Waals surface area contributed by atoms with Crippen LogP contribution in [0.1, 0.15) is 5.56 Å². The lowest BCUT2D eigenvalue weighted by Crippen LogP contribution is -1.80. The summed E-state index contributed by atoms with van der Waals surface area (Å²) in [4.78, 5) is 4.49. The summed E-state index contributed by atoms with van der Waals surface area (Å²) in [5.74, 6) is 0. The number of nitrogens with zero attached hydrogens (tertiary/aromatic N) is 2. The van der Waals surface area contributed by atoms with Gasteiger partial charge in [0.25, 0.3) is 0 Å². The minimum absolute atomic E-state index is 0.966. The number of aromatic nitrogens is 1. The highest BCUT2D eigenvalue weighted by Crippen LogP contribution is 2.22. The Labute approximate surface area is 119 Å². The van der Waals surface area contributed by atoms with E-state index in [4.69, 9.17) is 0 Å². The van der Waals surface area contributed by atoms with Crippen LogP contribution in [-0.4, -0.2) is 10.8 Å². The lowest BCUT2D eigenvalue weighted by molar-refractivity contribution is 0.927. The van der Waals surface area contributed by atoms with Gasteiger partial charge >= 0.3 is 0 Å². The number of aryl methyl sites for hydroxylation is 1. The number of benzene rings is 2. The molecule has 0 saturated carbocycles. The first-order valence-electron chi connectivity index (χ1n) is 6.63.